The maximum atomic E-state index is 12.5. The van der Waals surface area contributed by atoms with Crippen molar-refractivity contribution in [2.45, 2.75) is 31.7 Å². The van der Waals surface area contributed by atoms with E-state index in [-0.39, 0.29) is 11.9 Å². The van der Waals surface area contributed by atoms with Gasteiger partial charge in [0.05, 0.1) is 11.7 Å². The number of likely N-dealkylation sites (tertiary alicyclic amines) is 1. The number of carbonyl (C=O) groups excluding carboxylic acids is 1. The maximum Gasteiger partial charge on any atom is 0.223 e. The molecule has 3 rings (SSSR count). The van der Waals surface area contributed by atoms with Crippen LogP contribution in [0, 0.1) is 0 Å². The van der Waals surface area contributed by atoms with Crippen molar-refractivity contribution in [3.63, 3.8) is 0 Å². The van der Waals surface area contributed by atoms with Gasteiger partial charge in [0.2, 0.25) is 5.91 Å². The molecule has 1 aliphatic heterocycles. The predicted molar refractivity (Wildman–Crippen MR) is 90.6 cm³/mol. The van der Waals surface area contributed by atoms with Crippen LogP contribution < -0.4 is 0 Å². The van der Waals surface area contributed by atoms with E-state index in [0.717, 1.165) is 25.1 Å². The summed E-state index contributed by atoms with van der Waals surface area (Å²) in [5.74, 6) is 0.205. The third-order valence-corrected chi connectivity index (χ3v) is 4.14. The van der Waals surface area contributed by atoms with E-state index in [0.29, 0.717) is 12.8 Å². The SMILES string of the molecule is O=C(CCc1cnccn1)N1CCCC1/C=C/c1ccccc1. The number of carbonyl (C=O) groups is 1. The van der Waals surface area contributed by atoms with Crippen LogP contribution in [0.25, 0.3) is 6.08 Å². The second-order valence-corrected chi connectivity index (χ2v) is 5.76. The molecule has 1 aromatic carbocycles. The van der Waals surface area contributed by atoms with Crippen molar-refractivity contribution in [3.8, 4) is 0 Å². The quantitative estimate of drug-likeness (QED) is 0.852. The molecule has 1 aromatic heterocycles. The second kappa shape index (κ2) is 7.68. The lowest BCUT2D eigenvalue weighted by atomic mass is 10.1. The minimum atomic E-state index is 0.205. The van der Waals surface area contributed by atoms with Crippen molar-refractivity contribution in [1.82, 2.24) is 14.9 Å². The molecule has 4 heteroatoms. The maximum absolute atomic E-state index is 12.5. The molecule has 1 fully saturated rings. The summed E-state index contributed by atoms with van der Waals surface area (Å²) in [7, 11) is 0. The third kappa shape index (κ3) is 4.25. The summed E-state index contributed by atoms with van der Waals surface area (Å²) >= 11 is 0. The number of hydrogen-bond donors (Lipinski definition) is 0. The Hall–Kier alpha value is -2.49. The van der Waals surface area contributed by atoms with Crippen LogP contribution in [0.5, 0.6) is 0 Å². The van der Waals surface area contributed by atoms with Crippen molar-refractivity contribution >= 4 is 12.0 Å². The van der Waals surface area contributed by atoms with Gasteiger partial charge in [-0.2, -0.15) is 0 Å². The molecule has 0 N–H and O–H groups in total. The molecule has 1 unspecified atom stereocenters. The monoisotopic (exact) mass is 307 g/mol. The van der Waals surface area contributed by atoms with E-state index in [1.807, 2.05) is 23.1 Å². The number of amides is 1. The first-order valence-corrected chi connectivity index (χ1v) is 8.10. The summed E-state index contributed by atoms with van der Waals surface area (Å²) in [6.45, 7) is 0.850. The average Bonchev–Trinajstić information content (AvgIpc) is 3.08. The largest absolute Gasteiger partial charge is 0.336 e. The van der Waals surface area contributed by atoms with Gasteiger partial charge in [-0.15, -0.1) is 0 Å². The summed E-state index contributed by atoms with van der Waals surface area (Å²) in [4.78, 5) is 22.7. The summed E-state index contributed by atoms with van der Waals surface area (Å²) in [5, 5.41) is 0. The smallest absolute Gasteiger partial charge is 0.223 e. The molecule has 2 aromatic rings. The zero-order valence-corrected chi connectivity index (χ0v) is 13.1. The lowest BCUT2D eigenvalue weighted by Gasteiger charge is -2.22. The summed E-state index contributed by atoms with van der Waals surface area (Å²) in [5.41, 5.74) is 2.04. The molecule has 23 heavy (non-hydrogen) atoms. The lowest BCUT2D eigenvalue weighted by molar-refractivity contribution is -0.131. The van der Waals surface area contributed by atoms with E-state index in [1.54, 1.807) is 18.6 Å². The Labute approximate surface area is 136 Å². The molecule has 0 spiro atoms. The zero-order valence-electron chi connectivity index (χ0n) is 13.1. The predicted octanol–water partition coefficient (Wildman–Crippen LogP) is 3.11. The number of benzene rings is 1. The summed E-state index contributed by atoms with van der Waals surface area (Å²) in [6.07, 6.45) is 12.6. The Morgan fingerprint density at radius 2 is 2.13 bits per heavy atom. The highest BCUT2D eigenvalue weighted by Crippen LogP contribution is 2.20. The number of nitrogens with zero attached hydrogens (tertiary/aromatic N) is 3. The highest BCUT2D eigenvalue weighted by molar-refractivity contribution is 5.77. The Bertz CT molecular complexity index is 655. The summed E-state index contributed by atoms with van der Waals surface area (Å²) in [6, 6.07) is 10.4. The van der Waals surface area contributed by atoms with Gasteiger partial charge in [-0.25, -0.2) is 0 Å². The third-order valence-electron chi connectivity index (χ3n) is 4.14. The summed E-state index contributed by atoms with van der Waals surface area (Å²) < 4.78 is 0. The fourth-order valence-electron chi connectivity index (χ4n) is 2.93. The first-order valence-electron chi connectivity index (χ1n) is 8.10. The number of aryl methyl sites for hydroxylation is 1. The van der Waals surface area contributed by atoms with Gasteiger partial charge < -0.3 is 4.90 Å². The van der Waals surface area contributed by atoms with Crippen LogP contribution in [0.2, 0.25) is 0 Å². The number of aromatic nitrogens is 2. The standard InChI is InChI=1S/C19H21N3O/c23-19(11-9-17-15-20-12-13-21-17)22-14-4-7-18(22)10-8-16-5-2-1-3-6-16/h1-3,5-6,8,10,12-13,15,18H,4,7,9,11,14H2/b10-8+. The Morgan fingerprint density at radius 3 is 2.91 bits per heavy atom. The van der Waals surface area contributed by atoms with Crippen LogP contribution in [0.15, 0.2) is 55.0 Å². The van der Waals surface area contributed by atoms with Crippen LogP contribution in [0.4, 0.5) is 0 Å². The van der Waals surface area contributed by atoms with Crippen molar-refractivity contribution < 1.29 is 4.79 Å². The van der Waals surface area contributed by atoms with Crippen LogP contribution in [-0.2, 0) is 11.2 Å². The molecule has 0 bridgehead atoms. The molecule has 1 amide bonds. The highest BCUT2D eigenvalue weighted by atomic mass is 16.2. The fraction of sp³-hybridized carbons (Fsp3) is 0.316. The lowest BCUT2D eigenvalue weighted by Crippen LogP contribution is -2.34. The van der Waals surface area contributed by atoms with Gasteiger partial charge in [-0.05, 0) is 24.8 Å². The Morgan fingerprint density at radius 1 is 1.26 bits per heavy atom. The first-order chi connectivity index (χ1) is 11.3. The van der Waals surface area contributed by atoms with Crippen LogP contribution in [0.1, 0.15) is 30.5 Å². The molecule has 1 saturated heterocycles. The van der Waals surface area contributed by atoms with Gasteiger partial charge in [0.15, 0.2) is 0 Å². The topological polar surface area (TPSA) is 46.1 Å². The molecule has 0 aliphatic carbocycles. The molecular weight excluding hydrogens is 286 g/mol. The van der Waals surface area contributed by atoms with Crippen molar-refractivity contribution in [1.29, 1.82) is 0 Å². The second-order valence-electron chi connectivity index (χ2n) is 5.76. The van der Waals surface area contributed by atoms with Crippen LogP contribution in [0.3, 0.4) is 0 Å². The number of rotatable bonds is 5. The van der Waals surface area contributed by atoms with Gasteiger partial charge in [0, 0.05) is 31.6 Å². The molecular formula is C19H21N3O. The van der Waals surface area contributed by atoms with Gasteiger partial charge >= 0.3 is 0 Å². The van der Waals surface area contributed by atoms with Gasteiger partial charge in [0.1, 0.15) is 0 Å². The molecule has 0 radical (unpaired) electrons. The van der Waals surface area contributed by atoms with Gasteiger partial charge in [0.25, 0.3) is 0 Å². The van der Waals surface area contributed by atoms with E-state index in [4.69, 9.17) is 0 Å². The van der Waals surface area contributed by atoms with Gasteiger partial charge in [-0.3, -0.25) is 14.8 Å². The molecule has 4 nitrogen and oxygen atoms in total. The molecule has 0 saturated carbocycles. The van der Waals surface area contributed by atoms with E-state index in [1.165, 1.54) is 5.56 Å². The first kappa shape index (κ1) is 15.4. The van der Waals surface area contributed by atoms with Gasteiger partial charge in [-0.1, -0.05) is 42.5 Å². The molecule has 1 atom stereocenters. The van der Waals surface area contributed by atoms with E-state index in [9.17, 15) is 4.79 Å². The Balaban J connectivity index is 1.57. The van der Waals surface area contributed by atoms with Crippen LogP contribution >= 0.6 is 0 Å². The molecule has 1 aliphatic rings. The van der Waals surface area contributed by atoms with Crippen molar-refractivity contribution in [2.75, 3.05) is 6.54 Å². The van der Waals surface area contributed by atoms with E-state index < -0.39 is 0 Å². The zero-order chi connectivity index (χ0) is 15.9. The number of hydrogen-bond acceptors (Lipinski definition) is 3. The average molecular weight is 307 g/mol. The normalized spacial score (nSPS) is 17.7. The highest BCUT2D eigenvalue weighted by Gasteiger charge is 2.26. The van der Waals surface area contributed by atoms with E-state index in [2.05, 4.69) is 34.3 Å². The minimum Gasteiger partial charge on any atom is -0.336 e. The fourth-order valence-corrected chi connectivity index (χ4v) is 2.93. The van der Waals surface area contributed by atoms with Crippen molar-refractivity contribution in [2.24, 2.45) is 0 Å². The Kier molecular flexibility index (Phi) is 5.14. The van der Waals surface area contributed by atoms with Crippen LogP contribution in [-0.4, -0.2) is 33.4 Å². The molecule has 2 heterocycles. The minimum absolute atomic E-state index is 0.205. The van der Waals surface area contributed by atoms with Crippen molar-refractivity contribution in [3.05, 3.63) is 66.3 Å². The van der Waals surface area contributed by atoms with E-state index >= 15 is 0 Å². The molecule has 118 valence electrons.